The number of nitrogens with zero attached hydrogens (tertiary/aromatic N) is 3. The first-order valence-corrected chi connectivity index (χ1v) is 10.0. The van der Waals surface area contributed by atoms with E-state index in [9.17, 15) is 0 Å². The van der Waals surface area contributed by atoms with Gasteiger partial charge in [0, 0.05) is 40.5 Å². The molecule has 0 saturated heterocycles. The Hall–Kier alpha value is -3.99. The quantitative estimate of drug-likeness (QED) is 0.408. The second kappa shape index (κ2) is 6.52. The number of fused-ring (bicyclic) bond motifs is 2. The molecule has 0 spiro atoms. The lowest BCUT2D eigenvalue weighted by molar-refractivity contribution is 1.12. The molecule has 0 bridgehead atoms. The van der Waals surface area contributed by atoms with Gasteiger partial charge in [-0.1, -0.05) is 24.3 Å². The predicted molar refractivity (Wildman–Crippen MR) is 121 cm³/mol. The van der Waals surface area contributed by atoms with Crippen LogP contribution in [0.15, 0.2) is 73.3 Å². The van der Waals surface area contributed by atoms with E-state index in [0.29, 0.717) is 0 Å². The number of H-pyrrole nitrogens is 2. The van der Waals surface area contributed by atoms with Gasteiger partial charge in [-0.3, -0.25) is 15.1 Å². The van der Waals surface area contributed by atoms with Crippen LogP contribution >= 0.6 is 0 Å². The van der Waals surface area contributed by atoms with Gasteiger partial charge < -0.3 is 4.98 Å². The Balaban J connectivity index is 1.52. The van der Waals surface area contributed by atoms with Crippen molar-refractivity contribution in [3.8, 4) is 22.5 Å². The second-order valence-corrected chi connectivity index (χ2v) is 7.65. The van der Waals surface area contributed by atoms with Gasteiger partial charge in [0.15, 0.2) is 0 Å². The van der Waals surface area contributed by atoms with Crippen LogP contribution in [0, 0.1) is 6.92 Å². The highest BCUT2D eigenvalue weighted by Crippen LogP contribution is 2.35. The molecule has 0 aliphatic heterocycles. The van der Waals surface area contributed by atoms with Crippen LogP contribution in [-0.2, 0) is 0 Å². The molecule has 2 N–H and O–H groups in total. The highest BCUT2D eigenvalue weighted by atomic mass is 15.1. The Labute approximate surface area is 173 Å². The van der Waals surface area contributed by atoms with E-state index in [0.717, 1.165) is 56.3 Å². The van der Waals surface area contributed by atoms with Crippen molar-refractivity contribution < 1.29 is 0 Å². The minimum Gasteiger partial charge on any atom is -0.352 e. The topological polar surface area (TPSA) is 70.2 Å². The molecule has 1 aliphatic carbocycles. The van der Waals surface area contributed by atoms with Gasteiger partial charge in [0.25, 0.3) is 0 Å². The van der Waals surface area contributed by atoms with Gasteiger partial charge >= 0.3 is 0 Å². The maximum atomic E-state index is 4.62. The highest BCUT2D eigenvalue weighted by molar-refractivity contribution is 6.01. The van der Waals surface area contributed by atoms with Crippen LogP contribution < -0.4 is 0 Å². The van der Waals surface area contributed by atoms with Crippen LogP contribution in [0.25, 0.3) is 49.9 Å². The number of aryl methyl sites for hydroxylation is 1. The standard InChI is InChI=1S/C25H19N5/c1-15-8-9-26-12-20(15)17-6-7-22-19(10-17)25(30-29-22)23-11-18-21(16-4-2-3-5-16)13-27-14-24(18)28-23/h2,4-14,28H,3H2,1H3,(H,29,30). The maximum absolute atomic E-state index is 4.62. The Morgan fingerprint density at radius 3 is 2.70 bits per heavy atom. The molecule has 0 saturated carbocycles. The number of benzene rings is 1. The van der Waals surface area contributed by atoms with Crippen molar-refractivity contribution in [2.75, 3.05) is 0 Å². The summed E-state index contributed by atoms with van der Waals surface area (Å²) in [7, 11) is 0. The molecule has 1 aliphatic rings. The van der Waals surface area contributed by atoms with Crippen molar-refractivity contribution in [1.82, 2.24) is 25.1 Å². The van der Waals surface area contributed by atoms with E-state index in [2.05, 4.69) is 74.6 Å². The van der Waals surface area contributed by atoms with Crippen molar-refractivity contribution in [3.63, 3.8) is 0 Å². The predicted octanol–water partition coefficient (Wildman–Crippen LogP) is 5.82. The zero-order valence-electron chi connectivity index (χ0n) is 16.5. The number of aromatic nitrogens is 5. The van der Waals surface area contributed by atoms with E-state index in [1.807, 2.05) is 30.9 Å². The third-order valence-electron chi connectivity index (χ3n) is 5.80. The van der Waals surface area contributed by atoms with Gasteiger partial charge in [-0.05, 0) is 54.3 Å². The molecule has 144 valence electrons. The monoisotopic (exact) mass is 389 g/mol. The highest BCUT2D eigenvalue weighted by Gasteiger charge is 2.15. The summed E-state index contributed by atoms with van der Waals surface area (Å²) in [4.78, 5) is 12.3. The molecule has 0 radical (unpaired) electrons. The molecule has 5 heteroatoms. The van der Waals surface area contributed by atoms with E-state index >= 15 is 0 Å². The lowest BCUT2D eigenvalue weighted by atomic mass is 10.0. The largest absolute Gasteiger partial charge is 0.352 e. The summed E-state index contributed by atoms with van der Waals surface area (Å²) in [5, 5.41) is 10.0. The normalized spacial score (nSPS) is 13.4. The first-order chi connectivity index (χ1) is 14.8. The molecule has 5 aromatic rings. The summed E-state index contributed by atoms with van der Waals surface area (Å²) in [6.45, 7) is 2.11. The summed E-state index contributed by atoms with van der Waals surface area (Å²) in [6.07, 6.45) is 15.1. The van der Waals surface area contributed by atoms with Crippen molar-refractivity contribution >= 4 is 27.4 Å². The summed E-state index contributed by atoms with van der Waals surface area (Å²) >= 11 is 0. The molecule has 0 atom stereocenters. The van der Waals surface area contributed by atoms with Gasteiger partial charge in [-0.15, -0.1) is 0 Å². The molecule has 1 aromatic carbocycles. The Bertz CT molecular complexity index is 1480. The first-order valence-electron chi connectivity index (χ1n) is 10.0. The lowest BCUT2D eigenvalue weighted by Gasteiger charge is -2.05. The molecule has 6 rings (SSSR count). The fourth-order valence-electron chi connectivity index (χ4n) is 4.22. The average molecular weight is 389 g/mol. The summed E-state index contributed by atoms with van der Waals surface area (Å²) in [5.74, 6) is 0. The lowest BCUT2D eigenvalue weighted by Crippen LogP contribution is -1.85. The van der Waals surface area contributed by atoms with Gasteiger partial charge in [0.2, 0.25) is 0 Å². The number of nitrogens with one attached hydrogen (secondary N) is 2. The molecular formula is C25H19N5. The Morgan fingerprint density at radius 2 is 1.83 bits per heavy atom. The summed E-state index contributed by atoms with van der Waals surface area (Å²) in [6, 6.07) is 10.6. The number of rotatable bonds is 3. The van der Waals surface area contributed by atoms with Crippen LogP contribution in [-0.4, -0.2) is 25.1 Å². The summed E-state index contributed by atoms with van der Waals surface area (Å²) in [5.41, 5.74) is 9.75. The molecule has 0 amide bonds. The van der Waals surface area contributed by atoms with Crippen molar-refractivity contribution in [2.45, 2.75) is 13.3 Å². The zero-order chi connectivity index (χ0) is 20.1. The number of hydrogen-bond acceptors (Lipinski definition) is 3. The molecule has 0 fully saturated rings. The van der Waals surface area contributed by atoms with Gasteiger partial charge in [-0.2, -0.15) is 5.10 Å². The van der Waals surface area contributed by atoms with Crippen LogP contribution in [0.4, 0.5) is 0 Å². The average Bonchev–Trinajstić information content (AvgIpc) is 3.51. The number of aromatic amines is 2. The number of pyridine rings is 2. The molecule has 4 heterocycles. The van der Waals surface area contributed by atoms with E-state index in [1.165, 1.54) is 11.1 Å². The van der Waals surface area contributed by atoms with Gasteiger partial charge in [0.05, 0.1) is 22.9 Å². The van der Waals surface area contributed by atoms with E-state index < -0.39 is 0 Å². The fourth-order valence-corrected chi connectivity index (χ4v) is 4.22. The maximum Gasteiger partial charge on any atom is 0.116 e. The SMILES string of the molecule is Cc1ccncc1-c1ccc2[nH]nc(-c3cc4c(C5=CCC=C5)cncc4[nH]3)c2c1. The van der Waals surface area contributed by atoms with Gasteiger partial charge in [-0.25, -0.2) is 0 Å². The molecule has 4 aromatic heterocycles. The third-order valence-corrected chi connectivity index (χ3v) is 5.80. The smallest absolute Gasteiger partial charge is 0.116 e. The number of hydrogen-bond donors (Lipinski definition) is 2. The van der Waals surface area contributed by atoms with E-state index in [4.69, 9.17) is 0 Å². The molecular weight excluding hydrogens is 370 g/mol. The van der Waals surface area contributed by atoms with Gasteiger partial charge in [0.1, 0.15) is 5.69 Å². The van der Waals surface area contributed by atoms with Crippen LogP contribution in [0.5, 0.6) is 0 Å². The van der Waals surface area contributed by atoms with E-state index in [-0.39, 0.29) is 0 Å². The Morgan fingerprint density at radius 1 is 0.900 bits per heavy atom. The van der Waals surface area contributed by atoms with Crippen LogP contribution in [0.3, 0.4) is 0 Å². The molecule has 5 nitrogen and oxygen atoms in total. The molecule has 30 heavy (non-hydrogen) atoms. The minimum absolute atomic E-state index is 0.909. The van der Waals surface area contributed by atoms with E-state index in [1.54, 1.807) is 0 Å². The summed E-state index contributed by atoms with van der Waals surface area (Å²) < 4.78 is 0. The van der Waals surface area contributed by atoms with Crippen molar-refractivity contribution in [1.29, 1.82) is 0 Å². The van der Waals surface area contributed by atoms with Crippen molar-refractivity contribution in [3.05, 3.63) is 84.5 Å². The van der Waals surface area contributed by atoms with Crippen LogP contribution in [0.1, 0.15) is 17.5 Å². The number of allylic oxidation sites excluding steroid dienone is 4. The molecule has 0 unspecified atom stereocenters. The van der Waals surface area contributed by atoms with Crippen LogP contribution in [0.2, 0.25) is 0 Å². The first kappa shape index (κ1) is 16.9. The van der Waals surface area contributed by atoms with Crippen molar-refractivity contribution in [2.24, 2.45) is 0 Å². The zero-order valence-corrected chi connectivity index (χ0v) is 16.5. The second-order valence-electron chi connectivity index (χ2n) is 7.65. The minimum atomic E-state index is 0.909. The fraction of sp³-hybridized carbons (Fsp3) is 0.0800. The Kier molecular flexibility index (Phi) is 3.68. The third kappa shape index (κ3) is 2.59.